The van der Waals surface area contributed by atoms with Gasteiger partial charge in [-0.15, -0.1) is 11.8 Å². The molecule has 0 aliphatic heterocycles. The number of nitrogens with one attached hydrogen (secondary N) is 1. The van der Waals surface area contributed by atoms with Gasteiger partial charge in [-0.05, 0) is 30.2 Å². The minimum atomic E-state index is -1.07. The van der Waals surface area contributed by atoms with Crippen molar-refractivity contribution in [2.45, 2.75) is 48.9 Å². The van der Waals surface area contributed by atoms with Crippen LogP contribution in [-0.2, 0) is 26.7 Å². The van der Waals surface area contributed by atoms with Crippen LogP contribution >= 0.6 is 11.8 Å². The smallest absolute Gasteiger partial charge is 0.303 e. The van der Waals surface area contributed by atoms with Crippen molar-refractivity contribution in [1.82, 2.24) is 5.32 Å². The molecule has 2 rings (SSSR count). The van der Waals surface area contributed by atoms with Gasteiger partial charge < -0.3 is 35.1 Å². The van der Waals surface area contributed by atoms with Crippen molar-refractivity contribution < 1.29 is 38.4 Å². The number of methoxy groups -OCH3 is 4. The number of ether oxygens (including phenoxy) is 4. The summed E-state index contributed by atoms with van der Waals surface area (Å²) in [4.78, 5) is 35.9. The molecule has 0 radical (unpaired) electrons. The van der Waals surface area contributed by atoms with Crippen molar-refractivity contribution in [2.75, 3.05) is 28.4 Å². The lowest BCUT2D eigenvalue weighted by atomic mass is 10.0. The van der Waals surface area contributed by atoms with Crippen LogP contribution in [0.4, 0.5) is 0 Å². The van der Waals surface area contributed by atoms with Crippen molar-refractivity contribution in [1.29, 1.82) is 0 Å². The van der Waals surface area contributed by atoms with E-state index in [9.17, 15) is 14.4 Å². The molecule has 37 heavy (non-hydrogen) atoms. The SMILES string of the molecule is COc1ccc(CSc2cc(OC)c(OC)c(OC)c2CN[C@@H](CCC(N)=O)C(=O)CCC(=O)O)cc1. The standard InChI is InChI=1S/C26H34N2O8S/c1-33-17-7-5-16(6-8-17)15-37-22-13-21(34-2)26(36-4)25(35-3)18(22)14-28-19(9-11-23(27)30)20(29)10-12-24(31)32/h5-8,13,19,28H,9-12,14-15H2,1-4H3,(H2,27,30)(H,31,32)/t19-/m0/s1. The number of Topliss-reactive ketones (excluding diaryl/α,β-unsaturated/α-hetero) is 1. The zero-order chi connectivity index (χ0) is 27.4. The Balaban J connectivity index is 2.36. The Hall–Kier alpha value is -3.44. The van der Waals surface area contributed by atoms with E-state index in [-0.39, 0.29) is 38.0 Å². The van der Waals surface area contributed by atoms with Crippen LogP contribution in [0.5, 0.6) is 23.0 Å². The molecule has 0 fully saturated rings. The molecule has 202 valence electrons. The third-order valence-corrected chi connectivity index (χ3v) is 6.78. The van der Waals surface area contributed by atoms with E-state index in [0.717, 1.165) is 21.8 Å². The normalized spacial score (nSPS) is 11.5. The molecule has 0 aromatic heterocycles. The highest BCUT2D eigenvalue weighted by Crippen LogP contribution is 2.45. The molecule has 0 saturated carbocycles. The van der Waals surface area contributed by atoms with E-state index in [1.54, 1.807) is 18.9 Å². The first kappa shape index (κ1) is 29.8. The molecular formula is C26H34N2O8S. The van der Waals surface area contributed by atoms with E-state index >= 15 is 0 Å². The van der Waals surface area contributed by atoms with Gasteiger partial charge in [0.1, 0.15) is 11.5 Å². The predicted octanol–water partition coefficient (Wildman–Crippen LogP) is 3.17. The average Bonchev–Trinajstić information content (AvgIpc) is 2.89. The van der Waals surface area contributed by atoms with Crippen molar-refractivity contribution in [3.8, 4) is 23.0 Å². The molecule has 0 spiro atoms. The molecule has 0 aliphatic carbocycles. The minimum absolute atomic E-state index is 0.0153. The van der Waals surface area contributed by atoms with Crippen LogP contribution in [0.25, 0.3) is 0 Å². The second kappa shape index (κ2) is 15.0. The molecule has 0 bridgehead atoms. The lowest BCUT2D eigenvalue weighted by Gasteiger charge is -2.22. The summed E-state index contributed by atoms with van der Waals surface area (Å²) >= 11 is 1.55. The molecule has 4 N–H and O–H groups in total. The first-order valence-electron chi connectivity index (χ1n) is 11.6. The van der Waals surface area contributed by atoms with Gasteiger partial charge in [0.15, 0.2) is 11.5 Å². The Bertz CT molecular complexity index is 1080. The number of carbonyl (C=O) groups is 3. The number of nitrogens with two attached hydrogens (primary N) is 1. The van der Waals surface area contributed by atoms with Crippen LogP contribution in [0.3, 0.4) is 0 Å². The summed E-state index contributed by atoms with van der Waals surface area (Å²) in [6.07, 6.45) is -0.319. The molecular weight excluding hydrogens is 500 g/mol. The summed E-state index contributed by atoms with van der Waals surface area (Å²) < 4.78 is 22.0. The Labute approximate surface area is 220 Å². The number of amides is 1. The highest BCUT2D eigenvalue weighted by atomic mass is 32.2. The molecule has 0 unspecified atom stereocenters. The molecule has 11 heteroatoms. The molecule has 0 heterocycles. The number of hydrogen-bond donors (Lipinski definition) is 3. The predicted molar refractivity (Wildman–Crippen MR) is 140 cm³/mol. The topological polar surface area (TPSA) is 146 Å². The summed E-state index contributed by atoms with van der Waals surface area (Å²) in [5.74, 6) is 0.815. The maximum absolute atomic E-state index is 12.7. The van der Waals surface area contributed by atoms with Crippen LogP contribution in [0.2, 0.25) is 0 Å². The maximum atomic E-state index is 12.7. The molecule has 1 atom stereocenters. The highest BCUT2D eigenvalue weighted by molar-refractivity contribution is 7.98. The van der Waals surface area contributed by atoms with Gasteiger partial charge in [0, 0.05) is 35.6 Å². The van der Waals surface area contributed by atoms with E-state index in [2.05, 4.69) is 5.32 Å². The lowest BCUT2D eigenvalue weighted by Crippen LogP contribution is -2.37. The summed E-state index contributed by atoms with van der Waals surface area (Å²) in [6, 6.07) is 8.81. The minimum Gasteiger partial charge on any atom is -0.497 e. The number of carboxylic acids is 1. The van der Waals surface area contributed by atoms with Crippen LogP contribution in [0.1, 0.15) is 36.8 Å². The fraction of sp³-hybridized carbons (Fsp3) is 0.423. The number of aliphatic carboxylic acids is 1. The third kappa shape index (κ3) is 8.87. The second-order valence-corrected chi connectivity index (χ2v) is 9.07. The van der Waals surface area contributed by atoms with Gasteiger partial charge in [-0.2, -0.15) is 0 Å². The number of hydrogen-bond acceptors (Lipinski definition) is 9. The monoisotopic (exact) mass is 534 g/mol. The van der Waals surface area contributed by atoms with Gasteiger partial charge in [0.2, 0.25) is 11.7 Å². The summed E-state index contributed by atoms with van der Waals surface area (Å²) in [5.41, 5.74) is 7.09. The number of thioether (sulfide) groups is 1. The third-order valence-electron chi connectivity index (χ3n) is 5.62. The molecule has 0 saturated heterocycles. The fourth-order valence-corrected chi connectivity index (χ4v) is 4.71. The Morgan fingerprint density at radius 2 is 1.62 bits per heavy atom. The van der Waals surface area contributed by atoms with Gasteiger partial charge in [-0.25, -0.2) is 0 Å². The van der Waals surface area contributed by atoms with Crippen LogP contribution in [-0.4, -0.2) is 57.2 Å². The van der Waals surface area contributed by atoms with Crippen LogP contribution < -0.4 is 30.0 Å². The molecule has 0 aliphatic rings. The molecule has 2 aromatic rings. The zero-order valence-corrected chi connectivity index (χ0v) is 22.3. The van der Waals surface area contributed by atoms with E-state index in [1.165, 1.54) is 21.3 Å². The van der Waals surface area contributed by atoms with E-state index in [0.29, 0.717) is 23.0 Å². The van der Waals surface area contributed by atoms with Crippen LogP contribution in [0, 0.1) is 0 Å². The Morgan fingerprint density at radius 3 is 2.16 bits per heavy atom. The number of carboxylic acid groups (broad SMARTS) is 1. The van der Waals surface area contributed by atoms with Gasteiger partial charge >= 0.3 is 5.97 Å². The largest absolute Gasteiger partial charge is 0.497 e. The van der Waals surface area contributed by atoms with Gasteiger partial charge in [0.25, 0.3) is 0 Å². The summed E-state index contributed by atoms with van der Waals surface area (Å²) in [7, 11) is 6.17. The second-order valence-electron chi connectivity index (χ2n) is 8.06. The molecule has 10 nitrogen and oxygen atoms in total. The Morgan fingerprint density at radius 1 is 0.946 bits per heavy atom. The van der Waals surface area contributed by atoms with Crippen molar-refractivity contribution in [2.24, 2.45) is 5.73 Å². The lowest BCUT2D eigenvalue weighted by molar-refractivity contribution is -0.138. The zero-order valence-electron chi connectivity index (χ0n) is 21.5. The number of primary amides is 1. The van der Waals surface area contributed by atoms with Crippen molar-refractivity contribution >= 4 is 29.4 Å². The number of benzene rings is 2. The summed E-state index contributed by atoms with van der Waals surface area (Å²) in [5, 5.41) is 12.1. The number of rotatable bonds is 17. The fourth-order valence-electron chi connectivity index (χ4n) is 3.67. The van der Waals surface area contributed by atoms with E-state index in [1.807, 2.05) is 30.3 Å². The van der Waals surface area contributed by atoms with Crippen molar-refractivity contribution in [3.63, 3.8) is 0 Å². The van der Waals surface area contributed by atoms with Crippen molar-refractivity contribution in [3.05, 3.63) is 41.5 Å². The van der Waals surface area contributed by atoms with Gasteiger partial charge in [-0.1, -0.05) is 12.1 Å². The summed E-state index contributed by atoms with van der Waals surface area (Å²) in [6.45, 7) is 0.191. The quantitative estimate of drug-likeness (QED) is 0.259. The first-order valence-corrected chi connectivity index (χ1v) is 12.6. The van der Waals surface area contributed by atoms with Gasteiger partial charge in [-0.3, -0.25) is 14.4 Å². The average molecular weight is 535 g/mol. The molecule has 1 amide bonds. The van der Waals surface area contributed by atoms with E-state index < -0.39 is 17.9 Å². The number of ketones is 1. The van der Waals surface area contributed by atoms with Gasteiger partial charge in [0.05, 0.1) is 40.9 Å². The highest BCUT2D eigenvalue weighted by Gasteiger charge is 2.24. The number of carbonyl (C=O) groups excluding carboxylic acids is 2. The maximum Gasteiger partial charge on any atom is 0.303 e. The van der Waals surface area contributed by atoms with Crippen LogP contribution in [0.15, 0.2) is 35.2 Å². The van der Waals surface area contributed by atoms with E-state index in [4.69, 9.17) is 29.8 Å². The Kier molecular flexibility index (Phi) is 12.0. The first-order chi connectivity index (χ1) is 17.7. The molecule has 2 aromatic carbocycles.